The van der Waals surface area contributed by atoms with E-state index in [0.717, 1.165) is 6.07 Å². The highest BCUT2D eigenvalue weighted by atomic mass is 19.4. The van der Waals surface area contributed by atoms with E-state index in [9.17, 15) is 18.0 Å². The molecule has 2 aromatic carbocycles. The Kier molecular flexibility index (Phi) is 8.26. The van der Waals surface area contributed by atoms with Crippen molar-refractivity contribution in [2.45, 2.75) is 45.4 Å². The Morgan fingerprint density at radius 3 is 2.40 bits per heavy atom. The Bertz CT molecular complexity index is 869. The molecule has 5 nitrogen and oxygen atoms in total. The maximum absolute atomic E-state index is 12.4. The van der Waals surface area contributed by atoms with Gasteiger partial charge in [-0.05, 0) is 56.0 Å². The van der Waals surface area contributed by atoms with Gasteiger partial charge in [0.15, 0.2) is 0 Å². The monoisotopic (exact) mass is 422 g/mol. The summed E-state index contributed by atoms with van der Waals surface area (Å²) < 4.78 is 46.7. The predicted molar refractivity (Wildman–Crippen MR) is 108 cm³/mol. The molecule has 0 saturated carbocycles. The number of hydrogen-bond acceptors (Lipinski definition) is 4. The summed E-state index contributed by atoms with van der Waals surface area (Å²) in [5.74, 6) is -0.369. The van der Waals surface area contributed by atoms with Crippen molar-refractivity contribution in [2.75, 3.05) is 6.54 Å². The van der Waals surface area contributed by atoms with Crippen molar-refractivity contribution in [3.63, 3.8) is 0 Å². The highest BCUT2D eigenvalue weighted by molar-refractivity contribution is 5.83. The molecule has 0 saturated heterocycles. The molecule has 1 atom stereocenters. The van der Waals surface area contributed by atoms with E-state index in [2.05, 4.69) is 10.1 Å². The van der Waals surface area contributed by atoms with Crippen LogP contribution < -0.4 is 14.8 Å². The lowest BCUT2D eigenvalue weighted by atomic mass is 10.00. The minimum atomic E-state index is -4.78. The van der Waals surface area contributed by atoms with Crippen LogP contribution in [0.4, 0.5) is 13.2 Å². The Balaban J connectivity index is 1.98. The fourth-order valence-corrected chi connectivity index (χ4v) is 2.71. The molecular weight excluding hydrogens is 397 g/mol. The third-order valence-electron chi connectivity index (χ3n) is 4.41. The lowest BCUT2D eigenvalue weighted by molar-refractivity contribution is -0.274. The molecule has 0 spiro atoms. The van der Waals surface area contributed by atoms with Gasteiger partial charge in [0.2, 0.25) is 5.91 Å². The summed E-state index contributed by atoms with van der Waals surface area (Å²) in [5, 5.41) is 10.5. The van der Waals surface area contributed by atoms with Crippen LogP contribution in [-0.2, 0) is 4.79 Å². The van der Waals surface area contributed by atoms with Gasteiger partial charge in [-0.3, -0.25) is 4.79 Å². The third-order valence-corrected chi connectivity index (χ3v) is 4.41. The second-order valence-corrected chi connectivity index (χ2v) is 6.77. The summed E-state index contributed by atoms with van der Waals surface area (Å²) in [6, 6.07) is 12.1. The average Bonchev–Trinajstić information content (AvgIpc) is 2.69. The standard InChI is InChI=1S/C22H25F3N2O3/c1-3-17(26)8-6-12-27-21(28)15(2)16-7-4-9-18(13-16)29-19-10-5-11-20(14-19)30-22(23,24)25/h4-5,7,9-11,13-15,26H,3,6,8,12H2,1-2H3,(H,27,28). The maximum Gasteiger partial charge on any atom is 0.573 e. The molecule has 2 N–H and O–H groups in total. The minimum Gasteiger partial charge on any atom is -0.457 e. The average molecular weight is 422 g/mol. The fourth-order valence-electron chi connectivity index (χ4n) is 2.71. The summed E-state index contributed by atoms with van der Waals surface area (Å²) >= 11 is 0. The zero-order valence-corrected chi connectivity index (χ0v) is 16.9. The van der Waals surface area contributed by atoms with Gasteiger partial charge in [0, 0.05) is 18.3 Å². The first-order valence-electron chi connectivity index (χ1n) is 9.65. The first-order chi connectivity index (χ1) is 14.2. The number of halogens is 3. The molecule has 1 amide bonds. The molecule has 0 aliphatic rings. The predicted octanol–water partition coefficient (Wildman–Crippen LogP) is 5.81. The van der Waals surface area contributed by atoms with Gasteiger partial charge in [0.1, 0.15) is 17.2 Å². The molecule has 8 heteroatoms. The maximum atomic E-state index is 12.4. The molecule has 0 aliphatic heterocycles. The van der Waals surface area contributed by atoms with E-state index in [4.69, 9.17) is 10.1 Å². The van der Waals surface area contributed by atoms with E-state index in [1.165, 1.54) is 18.2 Å². The van der Waals surface area contributed by atoms with Gasteiger partial charge in [0.25, 0.3) is 0 Å². The normalized spacial score (nSPS) is 12.2. The third kappa shape index (κ3) is 7.77. The molecule has 30 heavy (non-hydrogen) atoms. The molecule has 2 aromatic rings. The number of alkyl halides is 3. The molecule has 0 aromatic heterocycles. The molecule has 0 heterocycles. The Labute approximate surface area is 173 Å². The molecule has 0 bridgehead atoms. The summed E-state index contributed by atoms with van der Waals surface area (Å²) in [6.07, 6.45) is -2.70. The van der Waals surface area contributed by atoms with Crippen molar-refractivity contribution in [3.05, 3.63) is 54.1 Å². The number of ether oxygens (including phenoxy) is 2. The van der Waals surface area contributed by atoms with Crippen molar-refractivity contribution in [3.8, 4) is 17.2 Å². The number of rotatable bonds is 10. The minimum absolute atomic E-state index is 0.143. The number of amides is 1. The van der Waals surface area contributed by atoms with Crippen LogP contribution in [0, 0.1) is 5.41 Å². The van der Waals surface area contributed by atoms with E-state index in [1.807, 2.05) is 6.92 Å². The van der Waals surface area contributed by atoms with Crippen LogP contribution in [0.1, 0.15) is 44.6 Å². The lowest BCUT2D eigenvalue weighted by Gasteiger charge is -2.14. The van der Waals surface area contributed by atoms with E-state index >= 15 is 0 Å². The molecule has 0 aliphatic carbocycles. The van der Waals surface area contributed by atoms with Gasteiger partial charge in [-0.25, -0.2) is 0 Å². The number of nitrogens with one attached hydrogen (secondary N) is 2. The second-order valence-electron chi connectivity index (χ2n) is 6.77. The van der Waals surface area contributed by atoms with Crippen LogP contribution in [0.2, 0.25) is 0 Å². The SMILES string of the molecule is CCC(=N)CCCNC(=O)C(C)c1cccc(Oc2cccc(OC(F)(F)F)c2)c1. The van der Waals surface area contributed by atoms with Gasteiger partial charge in [-0.2, -0.15) is 0 Å². The second kappa shape index (κ2) is 10.7. The largest absolute Gasteiger partial charge is 0.573 e. The van der Waals surface area contributed by atoms with Crippen LogP contribution >= 0.6 is 0 Å². The molecular formula is C22H25F3N2O3. The van der Waals surface area contributed by atoms with E-state index < -0.39 is 12.3 Å². The van der Waals surface area contributed by atoms with Gasteiger partial charge in [-0.1, -0.05) is 25.1 Å². The van der Waals surface area contributed by atoms with Gasteiger partial charge in [-0.15, -0.1) is 13.2 Å². The Morgan fingerprint density at radius 1 is 1.10 bits per heavy atom. The topological polar surface area (TPSA) is 71.4 Å². The first-order valence-corrected chi connectivity index (χ1v) is 9.65. The number of hydrogen-bond donors (Lipinski definition) is 2. The number of carbonyl (C=O) groups excluding carboxylic acids is 1. The summed E-state index contributed by atoms with van der Waals surface area (Å²) in [6.45, 7) is 4.19. The van der Waals surface area contributed by atoms with Crippen LogP contribution in [-0.4, -0.2) is 24.5 Å². The molecule has 162 valence electrons. The molecule has 1 unspecified atom stereocenters. The lowest BCUT2D eigenvalue weighted by Crippen LogP contribution is -2.29. The highest BCUT2D eigenvalue weighted by Gasteiger charge is 2.31. The van der Waals surface area contributed by atoms with Gasteiger partial charge >= 0.3 is 6.36 Å². The Morgan fingerprint density at radius 2 is 1.73 bits per heavy atom. The molecule has 0 radical (unpaired) electrons. The first kappa shape index (κ1) is 23.3. The highest BCUT2D eigenvalue weighted by Crippen LogP contribution is 2.30. The van der Waals surface area contributed by atoms with Crippen LogP contribution in [0.5, 0.6) is 17.2 Å². The number of carbonyl (C=O) groups is 1. The summed E-state index contributed by atoms with van der Waals surface area (Å²) in [7, 11) is 0. The van der Waals surface area contributed by atoms with Crippen LogP contribution in [0.25, 0.3) is 0 Å². The molecule has 0 fully saturated rings. The van der Waals surface area contributed by atoms with Crippen LogP contribution in [0.15, 0.2) is 48.5 Å². The summed E-state index contributed by atoms with van der Waals surface area (Å²) in [5.41, 5.74) is 1.38. The van der Waals surface area contributed by atoms with Gasteiger partial charge < -0.3 is 20.2 Å². The van der Waals surface area contributed by atoms with Crippen molar-refractivity contribution in [2.24, 2.45) is 0 Å². The van der Waals surface area contributed by atoms with Crippen molar-refractivity contribution < 1.29 is 27.4 Å². The quantitative estimate of drug-likeness (QED) is 0.375. The summed E-state index contributed by atoms with van der Waals surface area (Å²) in [4.78, 5) is 12.4. The van der Waals surface area contributed by atoms with Crippen molar-refractivity contribution >= 4 is 11.6 Å². The van der Waals surface area contributed by atoms with E-state index in [1.54, 1.807) is 31.2 Å². The van der Waals surface area contributed by atoms with Crippen molar-refractivity contribution in [1.82, 2.24) is 5.32 Å². The van der Waals surface area contributed by atoms with E-state index in [0.29, 0.717) is 42.8 Å². The number of benzene rings is 2. The fraction of sp³-hybridized carbons (Fsp3) is 0.364. The van der Waals surface area contributed by atoms with E-state index in [-0.39, 0.29) is 17.4 Å². The molecule has 2 rings (SSSR count). The van der Waals surface area contributed by atoms with Crippen molar-refractivity contribution in [1.29, 1.82) is 5.41 Å². The van der Waals surface area contributed by atoms with Crippen LogP contribution in [0.3, 0.4) is 0 Å². The zero-order chi connectivity index (χ0) is 22.1. The Hall–Kier alpha value is -3.03. The van der Waals surface area contributed by atoms with Gasteiger partial charge in [0.05, 0.1) is 5.92 Å². The zero-order valence-electron chi connectivity index (χ0n) is 16.9. The smallest absolute Gasteiger partial charge is 0.457 e.